The Morgan fingerprint density at radius 2 is 1.83 bits per heavy atom. The van der Waals surface area contributed by atoms with E-state index in [9.17, 15) is 14.4 Å². The van der Waals surface area contributed by atoms with Crippen molar-refractivity contribution in [2.24, 2.45) is 0 Å². The molecule has 3 rings (SSSR count). The Hall–Kier alpha value is -2.57. The number of hydrogen-bond acceptors (Lipinski definition) is 5. The molecule has 2 atom stereocenters. The number of piperazine rings is 1. The predicted molar refractivity (Wildman–Crippen MR) is 112 cm³/mol. The summed E-state index contributed by atoms with van der Waals surface area (Å²) in [6.45, 7) is 6.23. The highest BCUT2D eigenvalue weighted by atomic mass is 16.5. The summed E-state index contributed by atoms with van der Waals surface area (Å²) in [5.74, 6) is -0.379. The monoisotopic (exact) mass is 416 g/mol. The summed E-state index contributed by atoms with van der Waals surface area (Å²) in [7, 11) is 0. The highest BCUT2D eigenvalue weighted by Crippen LogP contribution is 2.25. The molecule has 0 unspecified atom stereocenters. The molecule has 1 aliphatic carbocycles. The molecule has 164 valence electrons. The molecule has 1 N–H and O–H groups in total. The zero-order valence-electron chi connectivity index (χ0n) is 18.1. The molecular formula is C23H32N2O5. The summed E-state index contributed by atoms with van der Waals surface area (Å²) in [6, 6.07) is 4.93. The first-order chi connectivity index (χ1) is 14.4. The van der Waals surface area contributed by atoms with E-state index in [2.05, 4.69) is 5.32 Å². The van der Waals surface area contributed by atoms with Gasteiger partial charge in [0.05, 0.1) is 6.42 Å². The molecule has 1 saturated heterocycles. The van der Waals surface area contributed by atoms with Crippen molar-refractivity contribution < 1.29 is 23.9 Å². The van der Waals surface area contributed by atoms with Gasteiger partial charge in [-0.1, -0.05) is 24.6 Å². The normalized spacial score (nSPS) is 21.0. The van der Waals surface area contributed by atoms with Crippen molar-refractivity contribution in [1.29, 1.82) is 0 Å². The SMILES string of the molecule is Cc1cccc(C)c1O[C@H](C)C(=O)N1CCNC(=O)[C@@H]1CC(=O)OC1CCCCC1. The Morgan fingerprint density at radius 3 is 2.50 bits per heavy atom. The zero-order chi connectivity index (χ0) is 21.7. The Kier molecular flexibility index (Phi) is 7.34. The van der Waals surface area contributed by atoms with Crippen molar-refractivity contribution in [3.63, 3.8) is 0 Å². The van der Waals surface area contributed by atoms with Gasteiger partial charge in [0.2, 0.25) is 5.91 Å². The summed E-state index contributed by atoms with van der Waals surface area (Å²) >= 11 is 0. The molecule has 0 radical (unpaired) electrons. The first-order valence-electron chi connectivity index (χ1n) is 10.9. The quantitative estimate of drug-likeness (QED) is 0.721. The lowest BCUT2D eigenvalue weighted by molar-refractivity contribution is -0.157. The molecule has 1 aromatic rings. The van der Waals surface area contributed by atoms with Crippen molar-refractivity contribution in [3.8, 4) is 5.75 Å². The first kappa shape index (κ1) is 22.1. The number of carbonyl (C=O) groups excluding carboxylic acids is 3. The van der Waals surface area contributed by atoms with Crippen LogP contribution in [0.3, 0.4) is 0 Å². The van der Waals surface area contributed by atoms with Crippen LogP contribution < -0.4 is 10.1 Å². The maximum Gasteiger partial charge on any atom is 0.308 e. The number of para-hydroxylation sites is 1. The van der Waals surface area contributed by atoms with Gasteiger partial charge in [0.1, 0.15) is 17.9 Å². The molecule has 7 nitrogen and oxygen atoms in total. The maximum absolute atomic E-state index is 13.1. The van der Waals surface area contributed by atoms with E-state index in [0.29, 0.717) is 18.8 Å². The van der Waals surface area contributed by atoms with Crippen molar-refractivity contribution in [1.82, 2.24) is 10.2 Å². The van der Waals surface area contributed by atoms with Gasteiger partial charge in [0, 0.05) is 13.1 Å². The predicted octanol–water partition coefficient (Wildman–Crippen LogP) is 2.66. The van der Waals surface area contributed by atoms with Gasteiger partial charge in [-0.2, -0.15) is 0 Å². The number of aryl methyl sites for hydroxylation is 2. The molecule has 1 heterocycles. The number of carbonyl (C=O) groups is 3. The highest BCUT2D eigenvalue weighted by Gasteiger charge is 2.38. The van der Waals surface area contributed by atoms with Crippen molar-refractivity contribution >= 4 is 17.8 Å². The van der Waals surface area contributed by atoms with E-state index in [4.69, 9.17) is 9.47 Å². The summed E-state index contributed by atoms with van der Waals surface area (Å²) in [5, 5.41) is 2.75. The van der Waals surface area contributed by atoms with Crippen LogP contribution in [0.4, 0.5) is 0 Å². The molecule has 2 amide bonds. The van der Waals surface area contributed by atoms with Crippen molar-refractivity contribution in [2.45, 2.75) is 77.5 Å². The third-order valence-electron chi connectivity index (χ3n) is 5.88. The molecule has 0 aromatic heterocycles. The standard InChI is InChI=1S/C23H32N2O5/c1-15-8-7-9-16(2)21(15)29-17(3)23(28)25-13-12-24-22(27)19(25)14-20(26)30-18-10-5-4-6-11-18/h7-9,17-19H,4-6,10-14H2,1-3H3,(H,24,27)/t17-,19+/m1/s1. The van der Waals surface area contributed by atoms with E-state index in [1.165, 1.54) is 11.3 Å². The third-order valence-corrected chi connectivity index (χ3v) is 5.88. The van der Waals surface area contributed by atoms with E-state index in [1.54, 1.807) is 6.92 Å². The van der Waals surface area contributed by atoms with Crippen LogP contribution >= 0.6 is 0 Å². The minimum absolute atomic E-state index is 0.0756. The largest absolute Gasteiger partial charge is 0.480 e. The van der Waals surface area contributed by atoms with E-state index in [0.717, 1.165) is 36.8 Å². The summed E-state index contributed by atoms with van der Waals surface area (Å²) < 4.78 is 11.5. The fourth-order valence-electron chi connectivity index (χ4n) is 4.20. The Bertz CT molecular complexity index is 768. The van der Waals surface area contributed by atoms with Crippen LogP contribution in [0.5, 0.6) is 5.75 Å². The summed E-state index contributed by atoms with van der Waals surface area (Å²) in [6.07, 6.45) is 4.03. The van der Waals surface area contributed by atoms with Gasteiger partial charge in [0.25, 0.3) is 5.91 Å². The fraction of sp³-hybridized carbons (Fsp3) is 0.609. The molecule has 0 bridgehead atoms. The maximum atomic E-state index is 13.1. The van der Waals surface area contributed by atoms with Gasteiger partial charge < -0.3 is 19.7 Å². The number of benzene rings is 1. The van der Waals surface area contributed by atoms with Crippen LogP contribution in [-0.4, -0.2) is 54.0 Å². The van der Waals surface area contributed by atoms with E-state index in [-0.39, 0.29) is 24.3 Å². The van der Waals surface area contributed by atoms with Crippen LogP contribution in [-0.2, 0) is 19.1 Å². The second-order valence-electron chi connectivity index (χ2n) is 8.27. The van der Waals surface area contributed by atoms with Gasteiger partial charge in [-0.05, 0) is 57.6 Å². The summed E-state index contributed by atoms with van der Waals surface area (Å²) in [5.41, 5.74) is 1.89. The van der Waals surface area contributed by atoms with Crippen molar-refractivity contribution in [2.75, 3.05) is 13.1 Å². The molecule has 30 heavy (non-hydrogen) atoms. The molecule has 1 aliphatic heterocycles. The Labute approximate surface area is 178 Å². The van der Waals surface area contributed by atoms with E-state index in [1.807, 2.05) is 32.0 Å². The molecule has 0 spiro atoms. The van der Waals surface area contributed by atoms with Crippen LogP contribution in [0.1, 0.15) is 56.6 Å². The number of nitrogens with zero attached hydrogens (tertiary/aromatic N) is 1. The van der Waals surface area contributed by atoms with E-state index < -0.39 is 18.1 Å². The Morgan fingerprint density at radius 1 is 1.17 bits per heavy atom. The van der Waals surface area contributed by atoms with Crippen LogP contribution in [0.2, 0.25) is 0 Å². The summed E-state index contributed by atoms with van der Waals surface area (Å²) in [4.78, 5) is 39.5. The lowest BCUT2D eigenvalue weighted by atomic mass is 9.98. The molecule has 7 heteroatoms. The molecule has 2 aliphatic rings. The Balaban J connectivity index is 1.66. The molecule has 1 saturated carbocycles. The number of nitrogens with one attached hydrogen (secondary N) is 1. The van der Waals surface area contributed by atoms with Gasteiger partial charge in [0.15, 0.2) is 6.10 Å². The number of rotatable bonds is 6. The lowest BCUT2D eigenvalue weighted by Gasteiger charge is -2.36. The van der Waals surface area contributed by atoms with Gasteiger partial charge in [-0.15, -0.1) is 0 Å². The lowest BCUT2D eigenvalue weighted by Crippen LogP contribution is -2.60. The van der Waals surface area contributed by atoms with Crippen molar-refractivity contribution in [3.05, 3.63) is 29.3 Å². The number of amides is 2. The number of ether oxygens (including phenoxy) is 2. The second-order valence-corrected chi connectivity index (χ2v) is 8.27. The average Bonchev–Trinajstić information content (AvgIpc) is 2.72. The average molecular weight is 417 g/mol. The highest BCUT2D eigenvalue weighted by molar-refractivity contribution is 5.93. The van der Waals surface area contributed by atoms with Crippen LogP contribution in [0, 0.1) is 13.8 Å². The van der Waals surface area contributed by atoms with E-state index >= 15 is 0 Å². The van der Waals surface area contributed by atoms with Gasteiger partial charge in [-0.25, -0.2) is 0 Å². The topological polar surface area (TPSA) is 84.9 Å². The van der Waals surface area contributed by atoms with Gasteiger partial charge >= 0.3 is 5.97 Å². The van der Waals surface area contributed by atoms with Gasteiger partial charge in [-0.3, -0.25) is 14.4 Å². The minimum atomic E-state index is -0.869. The first-order valence-corrected chi connectivity index (χ1v) is 10.9. The zero-order valence-corrected chi connectivity index (χ0v) is 18.1. The molecule has 2 fully saturated rings. The number of esters is 1. The van der Waals surface area contributed by atoms with Crippen LogP contribution in [0.15, 0.2) is 18.2 Å². The fourth-order valence-corrected chi connectivity index (χ4v) is 4.20. The van der Waals surface area contributed by atoms with Crippen LogP contribution in [0.25, 0.3) is 0 Å². The second kappa shape index (κ2) is 9.96. The molecular weight excluding hydrogens is 384 g/mol. The number of hydrogen-bond donors (Lipinski definition) is 1. The third kappa shape index (κ3) is 5.32. The smallest absolute Gasteiger partial charge is 0.308 e. The minimum Gasteiger partial charge on any atom is -0.480 e. The molecule has 1 aromatic carbocycles.